The lowest BCUT2D eigenvalue weighted by Gasteiger charge is -2.46. The van der Waals surface area contributed by atoms with Crippen molar-refractivity contribution >= 4 is 5.91 Å². The Labute approximate surface area is 112 Å². The normalized spacial score (nSPS) is 21.4. The molecule has 1 aromatic rings. The molecule has 1 aromatic heterocycles. The van der Waals surface area contributed by atoms with E-state index in [1.54, 1.807) is 17.1 Å². The fourth-order valence-electron chi connectivity index (χ4n) is 2.66. The monoisotopic (exact) mass is 264 g/mol. The minimum absolute atomic E-state index is 0.224. The summed E-state index contributed by atoms with van der Waals surface area (Å²) in [6.45, 7) is 6.73. The Kier molecular flexibility index (Phi) is 3.74. The number of rotatable bonds is 4. The second kappa shape index (κ2) is 5.66. The summed E-state index contributed by atoms with van der Waals surface area (Å²) in [4.78, 5) is 16.4. The van der Waals surface area contributed by atoms with Crippen LogP contribution in [0.15, 0.2) is 12.4 Å². The van der Waals surface area contributed by atoms with Crippen LogP contribution in [0.5, 0.6) is 0 Å². The highest BCUT2D eigenvalue weighted by atomic mass is 16.2. The van der Waals surface area contributed by atoms with Gasteiger partial charge in [-0.3, -0.25) is 14.4 Å². The summed E-state index contributed by atoms with van der Waals surface area (Å²) in [6, 6.07) is 0.567. The van der Waals surface area contributed by atoms with Crippen molar-refractivity contribution in [3.05, 3.63) is 12.4 Å². The van der Waals surface area contributed by atoms with Crippen LogP contribution in [-0.4, -0.2) is 76.0 Å². The zero-order valence-corrected chi connectivity index (χ0v) is 11.0. The van der Waals surface area contributed by atoms with E-state index in [1.807, 2.05) is 4.90 Å². The second-order valence-corrected chi connectivity index (χ2v) is 5.15. The SMILES string of the molecule is O=C(CCn1ccnn1)N1CC(N2CCNCC2)C1. The standard InChI is InChI=1S/C12H20N6O/c19-12(1-5-18-8-4-14-15-18)17-9-11(10-17)16-6-2-13-3-7-16/h4,8,11,13H,1-3,5-7,9-10H2. The van der Waals surface area contributed by atoms with Crippen LogP contribution in [0.3, 0.4) is 0 Å². The predicted octanol–water partition coefficient (Wildman–Crippen LogP) is -1.22. The molecule has 3 heterocycles. The van der Waals surface area contributed by atoms with Crippen molar-refractivity contribution in [1.29, 1.82) is 0 Å². The summed E-state index contributed by atoms with van der Waals surface area (Å²) in [5.41, 5.74) is 0. The molecule has 0 spiro atoms. The molecule has 0 aliphatic carbocycles. The molecule has 7 heteroatoms. The number of nitrogens with one attached hydrogen (secondary N) is 1. The van der Waals surface area contributed by atoms with Crippen molar-refractivity contribution in [3.8, 4) is 0 Å². The Morgan fingerprint density at radius 3 is 2.79 bits per heavy atom. The number of carbonyl (C=O) groups is 1. The lowest BCUT2D eigenvalue weighted by Crippen LogP contribution is -2.63. The molecule has 1 amide bonds. The van der Waals surface area contributed by atoms with Crippen LogP contribution in [0.25, 0.3) is 0 Å². The van der Waals surface area contributed by atoms with Crippen molar-refractivity contribution in [2.75, 3.05) is 39.3 Å². The van der Waals surface area contributed by atoms with E-state index >= 15 is 0 Å². The van der Waals surface area contributed by atoms with E-state index in [1.165, 1.54) is 0 Å². The van der Waals surface area contributed by atoms with E-state index in [0.717, 1.165) is 39.3 Å². The summed E-state index contributed by atoms with van der Waals surface area (Å²) >= 11 is 0. The third kappa shape index (κ3) is 2.93. The molecule has 19 heavy (non-hydrogen) atoms. The van der Waals surface area contributed by atoms with E-state index in [9.17, 15) is 4.79 Å². The number of piperazine rings is 1. The van der Waals surface area contributed by atoms with Gasteiger partial charge in [0.2, 0.25) is 5.91 Å². The van der Waals surface area contributed by atoms with Gasteiger partial charge < -0.3 is 10.2 Å². The van der Waals surface area contributed by atoms with Crippen molar-refractivity contribution in [3.63, 3.8) is 0 Å². The Bertz CT molecular complexity index is 408. The van der Waals surface area contributed by atoms with Gasteiger partial charge in [-0.05, 0) is 0 Å². The number of amides is 1. The van der Waals surface area contributed by atoms with Gasteiger partial charge in [0.25, 0.3) is 0 Å². The van der Waals surface area contributed by atoms with Crippen molar-refractivity contribution in [2.24, 2.45) is 0 Å². The highest BCUT2D eigenvalue weighted by Gasteiger charge is 2.34. The number of hydrogen-bond acceptors (Lipinski definition) is 5. The molecule has 0 aromatic carbocycles. The van der Waals surface area contributed by atoms with Gasteiger partial charge in [0.05, 0.1) is 12.7 Å². The third-order valence-electron chi connectivity index (χ3n) is 3.91. The lowest BCUT2D eigenvalue weighted by atomic mass is 10.1. The Morgan fingerprint density at radius 1 is 1.32 bits per heavy atom. The maximum Gasteiger partial charge on any atom is 0.224 e. The quantitative estimate of drug-likeness (QED) is 0.739. The predicted molar refractivity (Wildman–Crippen MR) is 69.4 cm³/mol. The molecular weight excluding hydrogens is 244 g/mol. The second-order valence-electron chi connectivity index (χ2n) is 5.15. The minimum atomic E-state index is 0.224. The topological polar surface area (TPSA) is 66.3 Å². The fourth-order valence-corrected chi connectivity index (χ4v) is 2.66. The average molecular weight is 264 g/mol. The van der Waals surface area contributed by atoms with Gasteiger partial charge in [-0.1, -0.05) is 5.21 Å². The van der Waals surface area contributed by atoms with Crippen LogP contribution in [0.2, 0.25) is 0 Å². The van der Waals surface area contributed by atoms with Crippen molar-refractivity contribution in [2.45, 2.75) is 19.0 Å². The van der Waals surface area contributed by atoms with Crippen LogP contribution < -0.4 is 5.32 Å². The molecule has 2 aliphatic heterocycles. The third-order valence-corrected chi connectivity index (χ3v) is 3.91. The smallest absolute Gasteiger partial charge is 0.224 e. The first-order valence-electron chi connectivity index (χ1n) is 6.89. The van der Waals surface area contributed by atoms with Gasteiger partial charge >= 0.3 is 0 Å². The van der Waals surface area contributed by atoms with Gasteiger partial charge in [-0.15, -0.1) is 5.10 Å². The van der Waals surface area contributed by atoms with Gasteiger partial charge in [-0.2, -0.15) is 0 Å². The molecule has 2 saturated heterocycles. The Hall–Kier alpha value is -1.47. The highest BCUT2D eigenvalue weighted by Crippen LogP contribution is 2.16. The maximum atomic E-state index is 12.0. The van der Waals surface area contributed by atoms with Crippen LogP contribution in [0, 0.1) is 0 Å². The van der Waals surface area contributed by atoms with Crippen molar-refractivity contribution < 1.29 is 4.79 Å². The fraction of sp³-hybridized carbons (Fsp3) is 0.750. The molecule has 2 fully saturated rings. The van der Waals surface area contributed by atoms with Gasteiger partial charge in [0.15, 0.2) is 0 Å². The first-order valence-corrected chi connectivity index (χ1v) is 6.89. The van der Waals surface area contributed by atoms with E-state index in [4.69, 9.17) is 0 Å². The zero-order valence-electron chi connectivity index (χ0n) is 11.0. The van der Waals surface area contributed by atoms with Crippen LogP contribution in [0.1, 0.15) is 6.42 Å². The highest BCUT2D eigenvalue weighted by molar-refractivity contribution is 5.77. The molecule has 0 unspecified atom stereocenters. The maximum absolute atomic E-state index is 12.0. The molecule has 3 rings (SSSR count). The number of hydrogen-bond donors (Lipinski definition) is 1. The first kappa shape index (κ1) is 12.6. The minimum Gasteiger partial charge on any atom is -0.339 e. The molecule has 2 aliphatic rings. The molecule has 0 atom stereocenters. The van der Waals surface area contributed by atoms with Crippen LogP contribution in [-0.2, 0) is 11.3 Å². The van der Waals surface area contributed by atoms with E-state index in [-0.39, 0.29) is 5.91 Å². The Morgan fingerprint density at radius 2 is 2.11 bits per heavy atom. The van der Waals surface area contributed by atoms with Gasteiger partial charge in [-0.25, -0.2) is 0 Å². The molecule has 1 N–H and O–H groups in total. The summed E-state index contributed by atoms with van der Waals surface area (Å²) in [7, 11) is 0. The zero-order chi connectivity index (χ0) is 13.1. The number of carbonyl (C=O) groups excluding carboxylic acids is 1. The molecular formula is C12H20N6O. The summed E-state index contributed by atoms with van der Waals surface area (Å²) in [6.07, 6.45) is 3.93. The number of nitrogens with zero attached hydrogens (tertiary/aromatic N) is 5. The van der Waals surface area contributed by atoms with E-state index in [0.29, 0.717) is 19.0 Å². The molecule has 0 bridgehead atoms. The lowest BCUT2D eigenvalue weighted by molar-refractivity contribution is -0.139. The molecule has 0 radical (unpaired) electrons. The summed E-state index contributed by atoms with van der Waals surface area (Å²) < 4.78 is 1.70. The molecule has 7 nitrogen and oxygen atoms in total. The van der Waals surface area contributed by atoms with Crippen molar-refractivity contribution in [1.82, 2.24) is 30.1 Å². The van der Waals surface area contributed by atoms with Gasteiger partial charge in [0, 0.05) is 57.9 Å². The molecule has 104 valence electrons. The van der Waals surface area contributed by atoms with Crippen LogP contribution >= 0.6 is 0 Å². The summed E-state index contributed by atoms with van der Waals surface area (Å²) in [5.74, 6) is 0.224. The van der Waals surface area contributed by atoms with E-state index in [2.05, 4.69) is 20.5 Å². The summed E-state index contributed by atoms with van der Waals surface area (Å²) in [5, 5.41) is 10.9. The number of aromatic nitrogens is 3. The average Bonchev–Trinajstić information content (AvgIpc) is 2.89. The number of likely N-dealkylation sites (tertiary alicyclic amines) is 1. The van der Waals surface area contributed by atoms with Crippen LogP contribution in [0.4, 0.5) is 0 Å². The largest absolute Gasteiger partial charge is 0.339 e. The van der Waals surface area contributed by atoms with E-state index < -0.39 is 0 Å². The Balaban J connectivity index is 1.39. The first-order chi connectivity index (χ1) is 9.33. The molecule has 0 saturated carbocycles. The van der Waals surface area contributed by atoms with Gasteiger partial charge in [0.1, 0.15) is 0 Å². The number of aryl methyl sites for hydroxylation is 1.